The first-order valence-electron chi connectivity index (χ1n) is 9.49. The number of nitrogens with zero attached hydrogens (tertiary/aromatic N) is 1. The van der Waals surface area contributed by atoms with Gasteiger partial charge in [-0.05, 0) is 42.7 Å². The number of halogens is 1. The summed E-state index contributed by atoms with van der Waals surface area (Å²) >= 11 is 6.02. The Morgan fingerprint density at radius 1 is 1.07 bits per heavy atom. The van der Waals surface area contributed by atoms with E-state index in [1.165, 1.54) is 0 Å². The Morgan fingerprint density at radius 2 is 1.82 bits per heavy atom. The topological polar surface area (TPSA) is 65.2 Å². The van der Waals surface area contributed by atoms with E-state index >= 15 is 0 Å². The molecule has 1 fully saturated rings. The molecule has 0 aliphatic carbocycles. The first-order chi connectivity index (χ1) is 13.6. The second kappa shape index (κ2) is 8.07. The zero-order valence-corrected chi connectivity index (χ0v) is 16.2. The van der Waals surface area contributed by atoms with Gasteiger partial charge in [0, 0.05) is 41.5 Å². The van der Waals surface area contributed by atoms with Crippen LogP contribution in [0, 0.1) is 5.92 Å². The van der Waals surface area contributed by atoms with Gasteiger partial charge in [0.2, 0.25) is 5.91 Å². The lowest BCUT2D eigenvalue weighted by molar-refractivity contribution is -0.126. The van der Waals surface area contributed by atoms with Gasteiger partial charge in [0.1, 0.15) is 5.69 Å². The fourth-order valence-corrected chi connectivity index (χ4v) is 3.84. The summed E-state index contributed by atoms with van der Waals surface area (Å²) in [6.07, 6.45) is 1.36. The molecule has 4 rings (SSSR count). The van der Waals surface area contributed by atoms with E-state index in [2.05, 4.69) is 10.3 Å². The third-order valence-corrected chi connectivity index (χ3v) is 5.51. The number of piperidine rings is 1. The van der Waals surface area contributed by atoms with Gasteiger partial charge < -0.3 is 15.2 Å². The Kier molecular flexibility index (Phi) is 5.35. The molecular weight excluding hydrogens is 374 g/mol. The highest BCUT2D eigenvalue weighted by molar-refractivity contribution is 6.31. The lowest BCUT2D eigenvalue weighted by Gasteiger charge is -2.31. The zero-order valence-electron chi connectivity index (χ0n) is 15.5. The van der Waals surface area contributed by atoms with Crippen LogP contribution in [-0.2, 0) is 11.3 Å². The van der Waals surface area contributed by atoms with Gasteiger partial charge in [0.05, 0.1) is 0 Å². The van der Waals surface area contributed by atoms with Gasteiger partial charge in [-0.3, -0.25) is 9.59 Å². The summed E-state index contributed by atoms with van der Waals surface area (Å²) < 4.78 is 0. The predicted molar refractivity (Wildman–Crippen MR) is 110 cm³/mol. The normalized spacial score (nSPS) is 15.0. The molecule has 3 aromatic rings. The van der Waals surface area contributed by atoms with Crippen molar-refractivity contribution in [2.24, 2.45) is 5.92 Å². The maximum atomic E-state index is 12.8. The molecule has 6 heteroatoms. The smallest absolute Gasteiger partial charge is 0.270 e. The Morgan fingerprint density at radius 3 is 2.57 bits per heavy atom. The third kappa shape index (κ3) is 4.04. The molecule has 1 saturated heterocycles. The van der Waals surface area contributed by atoms with Crippen LogP contribution >= 0.6 is 11.6 Å². The van der Waals surface area contributed by atoms with Gasteiger partial charge in [-0.25, -0.2) is 0 Å². The minimum absolute atomic E-state index is 0.0320. The second-order valence-corrected chi connectivity index (χ2v) is 7.62. The van der Waals surface area contributed by atoms with Crippen molar-refractivity contribution in [3.05, 3.63) is 70.9 Å². The average Bonchev–Trinajstić information content (AvgIpc) is 3.15. The first kappa shape index (κ1) is 18.6. The highest BCUT2D eigenvalue weighted by Gasteiger charge is 2.28. The van der Waals surface area contributed by atoms with E-state index in [1.807, 2.05) is 53.4 Å². The molecule has 2 amide bonds. The van der Waals surface area contributed by atoms with Crippen molar-refractivity contribution in [2.45, 2.75) is 19.4 Å². The van der Waals surface area contributed by atoms with E-state index in [-0.39, 0.29) is 17.7 Å². The molecule has 0 unspecified atom stereocenters. The van der Waals surface area contributed by atoms with Crippen molar-refractivity contribution in [2.75, 3.05) is 13.1 Å². The Labute approximate surface area is 168 Å². The van der Waals surface area contributed by atoms with Crippen LogP contribution in [0.25, 0.3) is 10.9 Å². The van der Waals surface area contributed by atoms with Crippen LogP contribution in [0.1, 0.15) is 28.9 Å². The Balaban J connectivity index is 1.32. The molecule has 0 saturated carbocycles. The summed E-state index contributed by atoms with van der Waals surface area (Å²) in [4.78, 5) is 30.2. The van der Waals surface area contributed by atoms with E-state index in [9.17, 15) is 9.59 Å². The van der Waals surface area contributed by atoms with E-state index in [0.717, 1.165) is 16.5 Å². The van der Waals surface area contributed by atoms with Crippen molar-refractivity contribution >= 4 is 34.3 Å². The number of nitrogens with one attached hydrogen (secondary N) is 2. The molecule has 0 spiro atoms. The van der Waals surface area contributed by atoms with Crippen molar-refractivity contribution < 1.29 is 9.59 Å². The lowest BCUT2D eigenvalue weighted by atomic mass is 9.95. The lowest BCUT2D eigenvalue weighted by Crippen LogP contribution is -2.43. The number of hydrogen-bond acceptors (Lipinski definition) is 2. The molecule has 1 aliphatic heterocycles. The van der Waals surface area contributed by atoms with Gasteiger partial charge in [-0.2, -0.15) is 0 Å². The average molecular weight is 396 g/mol. The fraction of sp³-hybridized carbons (Fsp3) is 0.273. The van der Waals surface area contributed by atoms with Crippen LogP contribution in [0.3, 0.4) is 0 Å². The summed E-state index contributed by atoms with van der Waals surface area (Å²) in [7, 11) is 0. The number of amides is 2. The van der Waals surface area contributed by atoms with Crippen molar-refractivity contribution in [3.8, 4) is 0 Å². The number of likely N-dealkylation sites (tertiary alicyclic amines) is 1. The molecule has 1 aromatic heterocycles. The number of fused-ring (bicyclic) bond motifs is 1. The van der Waals surface area contributed by atoms with Gasteiger partial charge in [-0.15, -0.1) is 0 Å². The first-order valence-corrected chi connectivity index (χ1v) is 9.87. The van der Waals surface area contributed by atoms with Crippen molar-refractivity contribution in [1.82, 2.24) is 15.2 Å². The maximum absolute atomic E-state index is 12.8. The molecule has 2 heterocycles. The molecule has 0 bridgehead atoms. The second-order valence-electron chi connectivity index (χ2n) is 7.18. The number of carbonyl (C=O) groups is 2. The minimum Gasteiger partial charge on any atom is -0.352 e. The van der Waals surface area contributed by atoms with Crippen LogP contribution in [0.4, 0.5) is 0 Å². The number of rotatable bonds is 4. The number of carbonyl (C=O) groups excluding carboxylic acids is 2. The number of H-pyrrole nitrogens is 1. The number of aromatic amines is 1. The van der Waals surface area contributed by atoms with Gasteiger partial charge >= 0.3 is 0 Å². The predicted octanol–water partition coefficient (Wildman–Crippen LogP) is 3.99. The Bertz CT molecular complexity index is 991. The molecule has 2 aromatic carbocycles. The quantitative estimate of drug-likeness (QED) is 0.701. The molecule has 28 heavy (non-hydrogen) atoms. The standard InChI is InChI=1S/C22H22ClN3O2/c23-18-6-7-19-17(12-18)13-20(25-19)22(28)26-10-8-16(9-11-26)21(27)24-14-15-4-2-1-3-5-15/h1-7,12-13,16,25H,8-11,14H2,(H,24,27). The van der Waals surface area contributed by atoms with Crippen LogP contribution < -0.4 is 5.32 Å². The molecule has 0 atom stereocenters. The van der Waals surface area contributed by atoms with Gasteiger partial charge in [0.15, 0.2) is 0 Å². The highest BCUT2D eigenvalue weighted by Crippen LogP contribution is 2.23. The number of aromatic nitrogens is 1. The summed E-state index contributed by atoms with van der Waals surface area (Å²) in [6, 6.07) is 17.2. The van der Waals surface area contributed by atoms with Gasteiger partial charge in [0.25, 0.3) is 5.91 Å². The monoisotopic (exact) mass is 395 g/mol. The van der Waals surface area contributed by atoms with E-state index < -0.39 is 0 Å². The molecule has 2 N–H and O–H groups in total. The molecule has 5 nitrogen and oxygen atoms in total. The molecule has 1 aliphatic rings. The minimum atomic E-state index is -0.0470. The SMILES string of the molecule is O=C(NCc1ccccc1)C1CCN(C(=O)c2cc3cc(Cl)ccc3[nH]2)CC1. The number of benzene rings is 2. The van der Waals surface area contributed by atoms with E-state index in [0.29, 0.717) is 43.2 Å². The molecule has 0 radical (unpaired) electrons. The van der Waals surface area contributed by atoms with Crippen LogP contribution in [-0.4, -0.2) is 34.8 Å². The van der Waals surface area contributed by atoms with Crippen LogP contribution in [0.2, 0.25) is 5.02 Å². The van der Waals surface area contributed by atoms with Gasteiger partial charge in [-0.1, -0.05) is 41.9 Å². The molecule has 144 valence electrons. The number of hydrogen-bond donors (Lipinski definition) is 2. The van der Waals surface area contributed by atoms with E-state index in [4.69, 9.17) is 11.6 Å². The summed E-state index contributed by atoms with van der Waals surface area (Å²) in [6.45, 7) is 1.70. The van der Waals surface area contributed by atoms with Crippen molar-refractivity contribution in [3.63, 3.8) is 0 Å². The fourth-order valence-electron chi connectivity index (χ4n) is 3.66. The summed E-state index contributed by atoms with van der Waals surface area (Å²) in [5.41, 5.74) is 2.54. The largest absolute Gasteiger partial charge is 0.352 e. The van der Waals surface area contributed by atoms with Crippen molar-refractivity contribution in [1.29, 1.82) is 0 Å². The summed E-state index contributed by atoms with van der Waals surface area (Å²) in [5.74, 6) is -0.0130. The Hall–Kier alpha value is -2.79. The highest BCUT2D eigenvalue weighted by atomic mass is 35.5. The van der Waals surface area contributed by atoms with E-state index in [1.54, 1.807) is 6.07 Å². The van der Waals surface area contributed by atoms with Crippen LogP contribution in [0.5, 0.6) is 0 Å². The zero-order chi connectivity index (χ0) is 19.5. The third-order valence-electron chi connectivity index (χ3n) is 5.28. The maximum Gasteiger partial charge on any atom is 0.270 e. The molecular formula is C22H22ClN3O2. The van der Waals surface area contributed by atoms with Crippen LogP contribution in [0.15, 0.2) is 54.6 Å². The summed E-state index contributed by atoms with van der Waals surface area (Å²) in [5, 5.41) is 4.57.